The third kappa shape index (κ3) is 6.37. The molecule has 0 bridgehead atoms. The lowest BCUT2D eigenvalue weighted by molar-refractivity contribution is -0.127. The number of hydrogen-bond acceptors (Lipinski definition) is 6. The highest BCUT2D eigenvalue weighted by molar-refractivity contribution is 5.98. The Labute approximate surface area is 176 Å². The minimum atomic E-state index is -0.0934. The number of ketones is 1. The molecule has 1 amide bonds. The van der Waals surface area contributed by atoms with Crippen LogP contribution in [-0.2, 0) is 16.0 Å². The first kappa shape index (κ1) is 21.4. The minimum Gasteiger partial charge on any atom is -0.387 e. The van der Waals surface area contributed by atoms with Crippen LogP contribution in [0.15, 0.2) is 36.7 Å². The number of rotatable bonds is 11. The molecule has 0 spiro atoms. The second-order valence-electron chi connectivity index (χ2n) is 7.50. The van der Waals surface area contributed by atoms with E-state index in [2.05, 4.69) is 15.3 Å². The van der Waals surface area contributed by atoms with Crippen LogP contribution in [0.2, 0.25) is 0 Å². The van der Waals surface area contributed by atoms with Crippen molar-refractivity contribution in [1.29, 1.82) is 5.41 Å². The normalized spacial score (nSPS) is 13.5. The Balaban J connectivity index is 1.48. The van der Waals surface area contributed by atoms with Gasteiger partial charge in [-0.2, -0.15) is 0 Å². The van der Waals surface area contributed by atoms with Crippen molar-refractivity contribution in [3.8, 4) is 11.1 Å². The summed E-state index contributed by atoms with van der Waals surface area (Å²) >= 11 is 0. The molecule has 0 aliphatic carbocycles. The van der Waals surface area contributed by atoms with E-state index in [1.165, 1.54) is 0 Å². The third-order valence-corrected chi connectivity index (χ3v) is 5.05. The quantitative estimate of drug-likeness (QED) is 0.298. The Morgan fingerprint density at radius 2 is 2.03 bits per heavy atom. The summed E-state index contributed by atoms with van der Waals surface area (Å²) in [6.07, 6.45) is 7.04. The zero-order chi connectivity index (χ0) is 21.3. The summed E-state index contributed by atoms with van der Waals surface area (Å²) in [5, 5.41) is 10.4. The zero-order valence-electron chi connectivity index (χ0n) is 17.1. The lowest BCUT2D eigenvalue weighted by Gasteiger charge is -2.15. The van der Waals surface area contributed by atoms with Crippen LogP contribution in [0.4, 0.5) is 5.95 Å². The third-order valence-electron chi connectivity index (χ3n) is 5.05. The molecule has 30 heavy (non-hydrogen) atoms. The average molecular weight is 409 g/mol. The zero-order valence-corrected chi connectivity index (χ0v) is 17.1. The van der Waals surface area contributed by atoms with E-state index in [1.807, 2.05) is 29.2 Å². The van der Waals surface area contributed by atoms with Crippen molar-refractivity contribution in [2.45, 2.75) is 38.5 Å². The highest BCUT2D eigenvalue weighted by atomic mass is 16.2. The predicted molar refractivity (Wildman–Crippen MR) is 116 cm³/mol. The van der Waals surface area contributed by atoms with Crippen LogP contribution in [0.3, 0.4) is 0 Å². The molecule has 2 heterocycles. The first-order chi connectivity index (χ1) is 14.5. The molecule has 0 radical (unpaired) electrons. The van der Waals surface area contributed by atoms with Gasteiger partial charge in [0.25, 0.3) is 0 Å². The molecule has 8 nitrogen and oxygen atoms in total. The Hall–Kier alpha value is -3.29. The molecule has 0 atom stereocenters. The summed E-state index contributed by atoms with van der Waals surface area (Å²) in [6.45, 7) is 2.35. The Morgan fingerprint density at radius 3 is 2.73 bits per heavy atom. The molecule has 0 saturated carbocycles. The number of nitrogens with one attached hydrogen (secondary N) is 2. The van der Waals surface area contributed by atoms with Crippen molar-refractivity contribution >= 4 is 23.5 Å². The number of carbonyl (C=O) groups is 2. The maximum Gasteiger partial charge on any atom is 0.222 e. The van der Waals surface area contributed by atoms with Crippen molar-refractivity contribution in [2.24, 2.45) is 5.73 Å². The number of anilines is 1. The Kier molecular flexibility index (Phi) is 7.48. The SMILES string of the molecule is N=C(N)CC(=O)CCc1cccc(-c2cnc(NCCCN3CCCC3=O)nc2)c1. The van der Waals surface area contributed by atoms with Crippen LogP contribution >= 0.6 is 0 Å². The van der Waals surface area contributed by atoms with E-state index >= 15 is 0 Å². The summed E-state index contributed by atoms with van der Waals surface area (Å²) in [7, 11) is 0. The van der Waals surface area contributed by atoms with Crippen LogP contribution in [0.5, 0.6) is 0 Å². The standard InChI is InChI=1S/C22H28N6O2/c23-20(24)13-19(29)8-7-16-4-1-5-17(12-16)18-14-26-22(27-15-18)25-9-3-11-28-10-2-6-21(28)30/h1,4-5,12,14-15H,2-3,6-11,13H2,(H3,23,24)(H,25,26,27). The van der Waals surface area contributed by atoms with E-state index in [9.17, 15) is 9.59 Å². The number of aromatic nitrogens is 2. The number of hydrogen-bond donors (Lipinski definition) is 3. The van der Waals surface area contributed by atoms with Gasteiger partial charge in [-0.25, -0.2) is 9.97 Å². The number of nitrogens with zero attached hydrogens (tertiary/aromatic N) is 3. The fraction of sp³-hybridized carbons (Fsp3) is 0.409. The highest BCUT2D eigenvalue weighted by Gasteiger charge is 2.18. The van der Waals surface area contributed by atoms with Gasteiger partial charge in [-0.1, -0.05) is 24.3 Å². The molecule has 1 fully saturated rings. The molecular weight excluding hydrogens is 380 g/mol. The number of Topliss-reactive ketones (excluding diaryl/α,β-unsaturated/α-hetero) is 1. The van der Waals surface area contributed by atoms with Gasteiger partial charge in [0.05, 0.1) is 12.3 Å². The number of benzene rings is 1. The Morgan fingerprint density at radius 1 is 1.23 bits per heavy atom. The van der Waals surface area contributed by atoms with Crippen molar-refractivity contribution < 1.29 is 9.59 Å². The first-order valence-electron chi connectivity index (χ1n) is 10.3. The van der Waals surface area contributed by atoms with Crippen molar-refractivity contribution in [3.63, 3.8) is 0 Å². The Bertz CT molecular complexity index is 897. The van der Waals surface area contributed by atoms with E-state index in [-0.39, 0.29) is 23.9 Å². The van der Waals surface area contributed by atoms with Gasteiger partial charge < -0.3 is 16.0 Å². The highest BCUT2D eigenvalue weighted by Crippen LogP contribution is 2.20. The second kappa shape index (κ2) is 10.5. The van der Waals surface area contributed by atoms with Crippen molar-refractivity contribution in [3.05, 3.63) is 42.2 Å². The molecule has 1 aromatic heterocycles. The van der Waals surface area contributed by atoms with E-state index in [1.54, 1.807) is 12.4 Å². The molecule has 2 aromatic rings. The first-order valence-corrected chi connectivity index (χ1v) is 10.3. The topological polar surface area (TPSA) is 125 Å². The predicted octanol–water partition coefficient (Wildman–Crippen LogP) is 2.40. The summed E-state index contributed by atoms with van der Waals surface area (Å²) in [5.41, 5.74) is 8.21. The van der Waals surface area contributed by atoms with E-state index in [0.29, 0.717) is 31.8 Å². The van der Waals surface area contributed by atoms with Crippen LogP contribution < -0.4 is 11.1 Å². The monoisotopic (exact) mass is 408 g/mol. The number of nitrogens with two attached hydrogens (primary N) is 1. The lowest BCUT2D eigenvalue weighted by Crippen LogP contribution is -2.27. The molecule has 4 N–H and O–H groups in total. The van der Waals surface area contributed by atoms with Gasteiger partial charge in [-0.15, -0.1) is 0 Å². The van der Waals surface area contributed by atoms with Gasteiger partial charge >= 0.3 is 0 Å². The van der Waals surface area contributed by atoms with Crippen LogP contribution in [-0.4, -0.2) is 52.0 Å². The van der Waals surface area contributed by atoms with Crippen LogP contribution in [0, 0.1) is 5.41 Å². The lowest BCUT2D eigenvalue weighted by atomic mass is 10.0. The summed E-state index contributed by atoms with van der Waals surface area (Å²) in [5.74, 6) is 0.698. The molecule has 1 aliphatic heterocycles. The minimum absolute atomic E-state index is 0.0102. The smallest absolute Gasteiger partial charge is 0.222 e. The molecule has 1 aliphatic rings. The fourth-order valence-corrected chi connectivity index (χ4v) is 3.47. The number of likely N-dealkylation sites (tertiary alicyclic amines) is 1. The molecular formula is C22H28N6O2. The molecule has 1 saturated heterocycles. The van der Waals surface area contributed by atoms with Crippen LogP contribution in [0.25, 0.3) is 11.1 Å². The average Bonchev–Trinajstić information content (AvgIpc) is 3.14. The van der Waals surface area contributed by atoms with E-state index in [0.717, 1.165) is 42.6 Å². The molecule has 1 aromatic carbocycles. The van der Waals surface area contributed by atoms with Gasteiger partial charge in [0.2, 0.25) is 11.9 Å². The van der Waals surface area contributed by atoms with E-state index < -0.39 is 0 Å². The fourth-order valence-electron chi connectivity index (χ4n) is 3.47. The maximum absolute atomic E-state index is 11.8. The molecule has 3 rings (SSSR count). The summed E-state index contributed by atoms with van der Waals surface area (Å²) in [4.78, 5) is 34.0. The largest absolute Gasteiger partial charge is 0.387 e. The van der Waals surface area contributed by atoms with Crippen molar-refractivity contribution in [2.75, 3.05) is 25.0 Å². The second-order valence-corrected chi connectivity index (χ2v) is 7.50. The summed E-state index contributed by atoms with van der Waals surface area (Å²) in [6, 6.07) is 7.94. The number of amidine groups is 1. The maximum atomic E-state index is 11.8. The van der Waals surface area contributed by atoms with Gasteiger partial charge in [-0.05, 0) is 30.4 Å². The van der Waals surface area contributed by atoms with Gasteiger partial charge in [0.1, 0.15) is 5.78 Å². The van der Waals surface area contributed by atoms with Crippen molar-refractivity contribution in [1.82, 2.24) is 14.9 Å². The molecule has 8 heteroatoms. The number of aryl methyl sites for hydroxylation is 1. The molecule has 0 unspecified atom stereocenters. The number of amides is 1. The van der Waals surface area contributed by atoms with Gasteiger partial charge in [-0.3, -0.25) is 15.0 Å². The summed E-state index contributed by atoms with van der Waals surface area (Å²) < 4.78 is 0. The van der Waals surface area contributed by atoms with Gasteiger partial charge in [0.15, 0.2) is 0 Å². The number of carbonyl (C=O) groups excluding carboxylic acids is 2. The van der Waals surface area contributed by atoms with Gasteiger partial charge in [0, 0.05) is 50.4 Å². The van der Waals surface area contributed by atoms with Crippen LogP contribution in [0.1, 0.15) is 37.7 Å². The molecule has 158 valence electrons. The van der Waals surface area contributed by atoms with E-state index in [4.69, 9.17) is 11.1 Å².